The van der Waals surface area contributed by atoms with E-state index in [-0.39, 0.29) is 18.7 Å². The molecular formula is C19H20N2O3. The quantitative estimate of drug-likeness (QED) is 0.783. The van der Waals surface area contributed by atoms with Crippen LogP contribution in [0.3, 0.4) is 0 Å². The predicted octanol–water partition coefficient (Wildman–Crippen LogP) is 2.45. The van der Waals surface area contributed by atoms with Gasteiger partial charge in [-0.3, -0.25) is 9.36 Å². The summed E-state index contributed by atoms with van der Waals surface area (Å²) in [6.07, 6.45) is 0.664. The van der Waals surface area contributed by atoms with Crippen LogP contribution in [0.2, 0.25) is 0 Å². The molecule has 24 heavy (non-hydrogen) atoms. The SMILES string of the molecule is Cc1cccc(C)c1OCC(O)Cn1cnc2ccccc2c1=O. The van der Waals surface area contributed by atoms with Crippen molar-refractivity contribution in [3.8, 4) is 5.75 Å². The molecule has 5 nitrogen and oxygen atoms in total. The maximum atomic E-state index is 12.4. The Morgan fingerprint density at radius 2 is 1.83 bits per heavy atom. The molecule has 1 aromatic heterocycles. The highest BCUT2D eigenvalue weighted by Gasteiger charge is 2.11. The van der Waals surface area contributed by atoms with E-state index >= 15 is 0 Å². The highest BCUT2D eigenvalue weighted by atomic mass is 16.5. The molecule has 5 heteroatoms. The molecule has 3 rings (SSSR count). The van der Waals surface area contributed by atoms with Crippen LogP contribution in [0.5, 0.6) is 5.75 Å². The molecule has 1 atom stereocenters. The van der Waals surface area contributed by atoms with E-state index in [1.54, 1.807) is 18.2 Å². The molecule has 0 fully saturated rings. The Morgan fingerprint density at radius 1 is 1.12 bits per heavy atom. The van der Waals surface area contributed by atoms with Crippen molar-refractivity contribution in [1.29, 1.82) is 0 Å². The van der Waals surface area contributed by atoms with Gasteiger partial charge in [-0.1, -0.05) is 30.3 Å². The van der Waals surface area contributed by atoms with Gasteiger partial charge in [0.1, 0.15) is 18.5 Å². The molecule has 1 unspecified atom stereocenters. The molecule has 1 heterocycles. The van der Waals surface area contributed by atoms with E-state index in [4.69, 9.17) is 4.74 Å². The fraction of sp³-hybridized carbons (Fsp3) is 0.263. The van der Waals surface area contributed by atoms with Crippen LogP contribution in [-0.4, -0.2) is 27.4 Å². The summed E-state index contributed by atoms with van der Waals surface area (Å²) in [6, 6.07) is 13.1. The third-order valence-electron chi connectivity index (χ3n) is 3.97. The van der Waals surface area contributed by atoms with E-state index in [1.165, 1.54) is 10.9 Å². The zero-order valence-electron chi connectivity index (χ0n) is 13.8. The average Bonchev–Trinajstić information content (AvgIpc) is 2.57. The first-order valence-corrected chi connectivity index (χ1v) is 7.87. The standard InChI is InChI=1S/C19H20N2O3/c1-13-6-5-7-14(2)18(13)24-11-15(22)10-21-12-20-17-9-4-3-8-16(17)19(21)23/h3-9,12,15,22H,10-11H2,1-2H3. The smallest absolute Gasteiger partial charge is 0.261 e. The lowest BCUT2D eigenvalue weighted by Gasteiger charge is -2.16. The molecule has 0 radical (unpaired) electrons. The third kappa shape index (κ3) is 3.31. The zero-order chi connectivity index (χ0) is 17.1. The Kier molecular flexibility index (Phi) is 4.62. The lowest BCUT2D eigenvalue weighted by molar-refractivity contribution is 0.0908. The van der Waals surface area contributed by atoms with Gasteiger partial charge < -0.3 is 9.84 Å². The molecule has 3 aromatic rings. The van der Waals surface area contributed by atoms with Crippen molar-refractivity contribution in [1.82, 2.24) is 9.55 Å². The van der Waals surface area contributed by atoms with Crippen LogP contribution in [0.4, 0.5) is 0 Å². The van der Waals surface area contributed by atoms with Crippen LogP contribution >= 0.6 is 0 Å². The average molecular weight is 324 g/mol. The highest BCUT2D eigenvalue weighted by Crippen LogP contribution is 2.22. The summed E-state index contributed by atoms with van der Waals surface area (Å²) in [7, 11) is 0. The van der Waals surface area contributed by atoms with Crippen molar-refractivity contribution in [2.75, 3.05) is 6.61 Å². The van der Waals surface area contributed by atoms with Gasteiger partial charge in [0.25, 0.3) is 5.56 Å². The Labute approximate surface area is 140 Å². The molecule has 0 saturated carbocycles. The zero-order valence-corrected chi connectivity index (χ0v) is 13.8. The highest BCUT2D eigenvalue weighted by molar-refractivity contribution is 5.76. The molecule has 124 valence electrons. The van der Waals surface area contributed by atoms with Crippen LogP contribution in [0, 0.1) is 13.8 Å². The number of para-hydroxylation sites is 2. The maximum Gasteiger partial charge on any atom is 0.261 e. The number of aliphatic hydroxyl groups excluding tert-OH is 1. The number of hydrogen-bond acceptors (Lipinski definition) is 4. The number of nitrogens with zero attached hydrogens (tertiary/aromatic N) is 2. The first kappa shape index (κ1) is 16.2. The van der Waals surface area contributed by atoms with Gasteiger partial charge in [0.05, 0.1) is 23.8 Å². The number of fused-ring (bicyclic) bond motifs is 1. The van der Waals surface area contributed by atoms with Crippen LogP contribution in [0.15, 0.2) is 53.6 Å². The van der Waals surface area contributed by atoms with Crippen LogP contribution in [0.1, 0.15) is 11.1 Å². The van der Waals surface area contributed by atoms with Crippen LogP contribution < -0.4 is 10.3 Å². The van der Waals surface area contributed by atoms with Crippen molar-refractivity contribution in [3.63, 3.8) is 0 Å². The number of rotatable bonds is 5. The third-order valence-corrected chi connectivity index (χ3v) is 3.97. The lowest BCUT2D eigenvalue weighted by atomic mass is 10.1. The van der Waals surface area contributed by atoms with E-state index < -0.39 is 6.10 Å². The van der Waals surface area contributed by atoms with Gasteiger partial charge in [-0.25, -0.2) is 4.98 Å². The van der Waals surface area contributed by atoms with Crippen molar-refractivity contribution in [3.05, 3.63) is 70.3 Å². The summed E-state index contributed by atoms with van der Waals surface area (Å²) >= 11 is 0. The maximum absolute atomic E-state index is 12.4. The summed E-state index contributed by atoms with van der Waals surface area (Å²) in [5.74, 6) is 0.778. The molecule has 0 amide bonds. The van der Waals surface area contributed by atoms with E-state index in [0.717, 1.165) is 16.9 Å². The van der Waals surface area contributed by atoms with Gasteiger partial charge in [-0.15, -0.1) is 0 Å². The Morgan fingerprint density at radius 3 is 2.58 bits per heavy atom. The predicted molar refractivity (Wildman–Crippen MR) is 93.4 cm³/mol. The second-order valence-corrected chi connectivity index (χ2v) is 5.90. The van der Waals surface area contributed by atoms with Gasteiger partial charge >= 0.3 is 0 Å². The van der Waals surface area contributed by atoms with Gasteiger partial charge in [-0.05, 0) is 37.1 Å². The Bertz CT molecular complexity index is 898. The Balaban J connectivity index is 1.72. The summed E-state index contributed by atoms with van der Waals surface area (Å²) < 4.78 is 7.16. The molecule has 2 aromatic carbocycles. The van der Waals surface area contributed by atoms with Crippen LogP contribution in [0.25, 0.3) is 10.9 Å². The number of aliphatic hydroxyl groups is 1. The number of benzene rings is 2. The van der Waals surface area contributed by atoms with Gasteiger partial charge in [0, 0.05) is 0 Å². The number of aryl methyl sites for hydroxylation is 2. The normalized spacial score (nSPS) is 12.3. The number of ether oxygens (including phenoxy) is 1. The summed E-state index contributed by atoms with van der Waals surface area (Å²) in [6.45, 7) is 4.19. The number of hydrogen-bond donors (Lipinski definition) is 1. The minimum absolute atomic E-state index is 0.116. The lowest BCUT2D eigenvalue weighted by Crippen LogP contribution is -2.30. The fourth-order valence-electron chi connectivity index (χ4n) is 2.72. The molecule has 0 aliphatic heterocycles. The first-order chi connectivity index (χ1) is 11.6. The second kappa shape index (κ2) is 6.84. The van der Waals surface area contributed by atoms with E-state index in [0.29, 0.717) is 10.9 Å². The van der Waals surface area contributed by atoms with E-state index in [1.807, 2.05) is 38.1 Å². The first-order valence-electron chi connectivity index (χ1n) is 7.87. The fourth-order valence-corrected chi connectivity index (χ4v) is 2.72. The van der Waals surface area contributed by atoms with Crippen molar-refractivity contribution >= 4 is 10.9 Å². The van der Waals surface area contributed by atoms with Crippen molar-refractivity contribution in [2.45, 2.75) is 26.5 Å². The summed E-state index contributed by atoms with van der Waals surface area (Å²) in [5, 5.41) is 10.8. The van der Waals surface area contributed by atoms with E-state index in [2.05, 4.69) is 4.98 Å². The Hall–Kier alpha value is -2.66. The van der Waals surface area contributed by atoms with E-state index in [9.17, 15) is 9.90 Å². The molecular weight excluding hydrogens is 304 g/mol. The minimum atomic E-state index is -0.801. The summed E-state index contributed by atoms with van der Waals surface area (Å²) in [4.78, 5) is 16.7. The van der Waals surface area contributed by atoms with Gasteiger partial charge in [-0.2, -0.15) is 0 Å². The van der Waals surface area contributed by atoms with Gasteiger partial charge in [0.15, 0.2) is 0 Å². The molecule has 0 bridgehead atoms. The molecule has 0 aliphatic carbocycles. The summed E-state index contributed by atoms with van der Waals surface area (Å²) in [5.41, 5.74) is 2.53. The largest absolute Gasteiger partial charge is 0.490 e. The molecule has 0 aliphatic rings. The molecule has 1 N–H and O–H groups in total. The van der Waals surface area contributed by atoms with Crippen molar-refractivity contribution in [2.24, 2.45) is 0 Å². The monoisotopic (exact) mass is 324 g/mol. The van der Waals surface area contributed by atoms with Crippen LogP contribution in [-0.2, 0) is 6.54 Å². The molecule has 0 spiro atoms. The number of aromatic nitrogens is 2. The molecule has 0 saturated heterocycles. The topological polar surface area (TPSA) is 64.3 Å². The van der Waals surface area contributed by atoms with Crippen molar-refractivity contribution < 1.29 is 9.84 Å². The second-order valence-electron chi connectivity index (χ2n) is 5.90. The minimum Gasteiger partial charge on any atom is -0.490 e. The van der Waals surface area contributed by atoms with Gasteiger partial charge in [0.2, 0.25) is 0 Å².